The maximum absolute atomic E-state index is 12.7. The molecule has 1 N–H and O–H groups in total. The lowest BCUT2D eigenvalue weighted by atomic mass is 9.98. The van der Waals surface area contributed by atoms with Crippen molar-refractivity contribution in [3.05, 3.63) is 34.4 Å². The molecule has 1 aromatic rings. The van der Waals surface area contributed by atoms with Crippen LogP contribution in [0.4, 0.5) is 13.2 Å². The number of hydrogen-bond donors (Lipinski definition) is 1. The molecule has 4 heteroatoms. The van der Waals surface area contributed by atoms with Gasteiger partial charge in [-0.1, -0.05) is 13.0 Å². The maximum atomic E-state index is 12.7. The van der Waals surface area contributed by atoms with Crippen LogP contribution in [0.5, 0.6) is 0 Å². The van der Waals surface area contributed by atoms with Crippen LogP contribution in [0.3, 0.4) is 0 Å². The van der Waals surface area contributed by atoms with E-state index < -0.39 is 11.7 Å². The molecule has 0 amide bonds. The van der Waals surface area contributed by atoms with Crippen LogP contribution < -0.4 is 5.32 Å². The molecule has 0 saturated heterocycles. The van der Waals surface area contributed by atoms with Gasteiger partial charge in [-0.15, -0.1) is 0 Å². The van der Waals surface area contributed by atoms with Gasteiger partial charge in [0.2, 0.25) is 0 Å². The van der Waals surface area contributed by atoms with Crippen LogP contribution in [0, 0.1) is 0 Å². The van der Waals surface area contributed by atoms with Gasteiger partial charge >= 0.3 is 6.18 Å². The molecule has 2 rings (SSSR count). The molecule has 0 atom stereocenters. The number of hydrogen-bond acceptors (Lipinski definition) is 1. The molecule has 0 aromatic heterocycles. The summed E-state index contributed by atoms with van der Waals surface area (Å²) in [6.45, 7) is 2.97. The molecule has 0 bridgehead atoms. The minimum Gasteiger partial charge on any atom is -0.309 e. The van der Waals surface area contributed by atoms with Crippen molar-refractivity contribution in [2.75, 3.05) is 0 Å². The third-order valence-corrected chi connectivity index (χ3v) is 2.74. The van der Waals surface area contributed by atoms with Crippen molar-refractivity contribution in [2.24, 2.45) is 0 Å². The molecule has 0 radical (unpaired) electrons. The summed E-state index contributed by atoms with van der Waals surface area (Å²) in [7, 11) is 0. The van der Waals surface area contributed by atoms with Crippen LogP contribution >= 0.6 is 0 Å². The van der Waals surface area contributed by atoms with Gasteiger partial charge in [-0.2, -0.15) is 13.2 Å². The molecular weight excluding hydrogens is 203 g/mol. The van der Waals surface area contributed by atoms with Gasteiger partial charge in [0, 0.05) is 13.1 Å². The summed E-state index contributed by atoms with van der Waals surface area (Å²) in [5.41, 5.74) is 1.69. The topological polar surface area (TPSA) is 12.0 Å². The largest absolute Gasteiger partial charge is 0.416 e. The van der Waals surface area contributed by atoms with Crippen molar-refractivity contribution in [3.63, 3.8) is 0 Å². The highest BCUT2D eigenvalue weighted by Gasteiger charge is 2.34. The highest BCUT2D eigenvalue weighted by molar-refractivity contribution is 5.41. The number of halogens is 3. The third-order valence-electron chi connectivity index (χ3n) is 2.74. The summed E-state index contributed by atoms with van der Waals surface area (Å²) in [6, 6.07) is 2.96. The monoisotopic (exact) mass is 215 g/mol. The van der Waals surface area contributed by atoms with Gasteiger partial charge in [0.15, 0.2) is 0 Å². The lowest BCUT2D eigenvalue weighted by Gasteiger charge is -2.13. The fourth-order valence-corrected chi connectivity index (χ4v) is 1.96. The Hall–Kier alpha value is -1.03. The molecule has 0 fully saturated rings. The maximum Gasteiger partial charge on any atom is 0.416 e. The van der Waals surface area contributed by atoms with Crippen molar-refractivity contribution < 1.29 is 13.2 Å². The van der Waals surface area contributed by atoms with E-state index in [9.17, 15) is 13.2 Å². The Labute approximate surface area is 86.3 Å². The number of fused-ring (bicyclic) bond motifs is 1. The predicted molar refractivity (Wildman–Crippen MR) is 51.4 cm³/mol. The molecular formula is C11H12F3N. The number of nitrogens with one attached hydrogen (secondary N) is 1. The van der Waals surface area contributed by atoms with Crippen LogP contribution in [0.2, 0.25) is 0 Å². The smallest absolute Gasteiger partial charge is 0.309 e. The summed E-state index contributed by atoms with van der Waals surface area (Å²) in [5, 5.41) is 3.05. The quantitative estimate of drug-likeness (QED) is 0.759. The lowest BCUT2D eigenvalue weighted by Crippen LogP contribution is -2.10. The molecule has 1 aromatic carbocycles. The van der Waals surface area contributed by atoms with Gasteiger partial charge in [0.25, 0.3) is 0 Å². The second-order valence-corrected chi connectivity index (χ2v) is 3.73. The van der Waals surface area contributed by atoms with Crippen LogP contribution in [-0.4, -0.2) is 0 Å². The van der Waals surface area contributed by atoms with E-state index >= 15 is 0 Å². The molecule has 1 nitrogen and oxygen atoms in total. The third kappa shape index (κ3) is 1.86. The van der Waals surface area contributed by atoms with Crippen molar-refractivity contribution in [3.8, 4) is 0 Å². The van der Waals surface area contributed by atoms with Gasteiger partial charge in [0.05, 0.1) is 5.56 Å². The molecule has 15 heavy (non-hydrogen) atoms. The predicted octanol–water partition coefficient (Wildman–Crippen LogP) is 2.87. The Bertz CT molecular complexity index is 382. The Kier molecular flexibility index (Phi) is 2.46. The molecule has 0 aliphatic carbocycles. The minimum atomic E-state index is -4.23. The van der Waals surface area contributed by atoms with Crippen LogP contribution in [0.25, 0.3) is 0 Å². The zero-order valence-corrected chi connectivity index (χ0v) is 8.41. The molecule has 1 aliphatic rings. The molecule has 1 aliphatic heterocycles. The molecule has 1 heterocycles. The van der Waals surface area contributed by atoms with E-state index in [2.05, 4.69) is 5.32 Å². The second kappa shape index (κ2) is 3.52. The van der Waals surface area contributed by atoms with E-state index in [1.807, 2.05) is 0 Å². The molecule has 0 unspecified atom stereocenters. The van der Waals surface area contributed by atoms with Crippen LogP contribution in [0.1, 0.15) is 29.2 Å². The van der Waals surface area contributed by atoms with E-state index in [0.29, 0.717) is 25.1 Å². The summed E-state index contributed by atoms with van der Waals surface area (Å²) >= 11 is 0. The van der Waals surface area contributed by atoms with Gasteiger partial charge in [-0.25, -0.2) is 0 Å². The van der Waals surface area contributed by atoms with E-state index in [-0.39, 0.29) is 0 Å². The minimum absolute atomic E-state index is 0.393. The summed E-state index contributed by atoms with van der Waals surface area (Å²) in [4.78, 5) is 0. The number of benzene rings is 1. The second-order valence-electron chi connectivity index (χ2n) is 3.73. The van der Waals surface area contributed by atoms with Crippen LogP contribution in [-0.2, 0) is 25.7 Å². The molecule has 0 spiro atoms. The lowest BCUT2D eigenvalue weighted by molar-refractivity contribution is -0.138. The first-order valence-corrected chi connectivity index (χ1v) is 4.95. The summed E-state index contributed by atoms with van der Waals surface area (Å²) in [6.07, 6.45) is -3.81. The van der Waals surface area contributed by atoms with Crippen molar-refractivity contribution in [2.45, 2.75) is 32.6 Å². The van der Waals surface area contributed by atoms with Crippen molar-refractivity contribution in [1.82, 2.24) is 5.32 Å². The van der Waals surface area contributed by atoms with Gasteiger partial charge in [0.1, 0.15) is 0 Å². The van der Waals surface area contributed by atoms with Crippen LogP contribution in [0.15, 0.2) is 12.1 Å². The summed E-state index contributed by atoms with van der Waals surface area (Å²) in [5.74, 6) is 0. The fraction of sp³-hybridized carbons (Fsp3) is 0.455. The van der Waals surface area contributed by atoms with Gasteiger partial charge in [-0.3, -0.25) is 0 Å². The van der Waals surface area contributed by atoms with E-state index in [1.165, 1.54) is 6.07 Å². The van der Waals surface area contributed by atoms with E-state index in [4.69, 9.17) is 0 Å². The highest BCUT2D eigenvalue weighted by atomic mass is 19.4. The number of rotatable bonds is 1. The SMILES string of the molecule is CCc1cc2c(cc1C(F)(F)F)CNC2. The van der Waals surface area contributed by atoms with Gasteiger partial charge in [-0.05, 0) is 29.2 Å². The first-order valence-electron chi connectivity index (χ1n) is 4.95. The highest BCUT2D eigenvalue weighted by Crippen LogP contribution is 2.35. The Balaban J connectivity index is 2.54. The van der Waals surface area contributed by atoms with Crippen molar-refractivity contribution >= 4 is 0 Å². The zero-order valence-electron chi connectivity index (χ0n) is 8.41. The Morgan fingerprint density at radius 2 is 1.80 bits per heavy atom. The van der Waals surface area contributed by atoms with E-state index in [0.717, 1.165) is 11.1 Å². The van der Waals surface area contributed by atoms with Gasteiger partial charge < -0.3 is 5.32 Å². The molecule has 82 valence electrons. The zero-order chi connectivity index (χ0) is 11.1. The average Bonchev–Trinajstić information content (AvgIpc) is 2.60. The summed E-state index contributed by atoms with van der Waals surface area (Å²) < 4.78 is 38.1. The number of aryl methyl sites for hydroxylation is 1. The standard InChI is InChI=1S/C11H12F3N/c1-2-7-3-8-5-15-6-9(8)4-10(7)11(12,13)14/h3-4,15H,2,5-6H2,1H3. The number of alkyl halides is 3. The first kappa shape index (κ1) is 10.5. The normalized spacial score (nSPS) is 15.5. The average molecular weight is 215 g/mol. The fourth-order valence-electron chi connectivity index (χ4n) is 1.96. The van der Waals surface area contributed by atoms with Crippen molar-refractivity contribution in [1.29, 1.82) is 0 Å². The molecule has 0 saturated carbocycles. The Morgan fingerprint density at radius 3 is 2.33 bits per heavy atom. The Morgan fingerprint density at radius 1 is 1.20 bits per heavy atom. The van der Waals surface area contributed by atoms with E-state index in [1.54, 1.807) is 13.0 Å². The first-order chi connectivity index (χ1) is 7.02.